The molecular formula is C14H23N3O2. The molecule has 0 aromatic carbocycles. The average molecular weight is 265 g/mol. The summed E-state index contributed by atoms with van der Waals surface area (Å²) in [6, 6.07) is 0.547. The van der Waals surface area contributed by atoms with Crippen LogP contribution >= 0.6 is 0 Å². The summed E-state index contributed by atoms with van der Waals surface area (Å²) < 4.78 is 10.9. The molecule has 1 aromatic heterocycles. The van der Waals surface area contributed by atoms with E-state index < -0.39 is 0 Å². The van der Waals surface area contributed by atoms with Crippen molar-refractivity contribution in [3.63, 3.8) is 0 Å². The first-order valence-corrected chi connectivity index (χ1v) is 7.39. The second-order valence-electron chi connectivity index (χ2n) is 5.78. The summed E-state index contributed by atoms with van der Waals surface area (Å²) >= 11 is 0. The van der Waals surface area contributed by atoms with Crippen LogP contribution in [-0.2, 0) is 11.3 Å². The van der Waals surface area contributed by atoms with Crippen molar-refractivity contribution in [3.8, 4) is 0 Å². The van der Waals surface area contributed by atoms with Gasteiger partial charge >= 0.3 is 0 Å². The number of ether oxygens (including phenoxy) is 1. The monoisotopic (exact) mass is 265 g/mol. The van der Waals surface area contributed by atoms with Crippen LogP contribution in [0.4, 0.5) is 0 Å². The van der Waals surface area contributed by atoms with Crippen LogP contribution < -0.4 is 5.32 Å². The number of rotatable bonds is 5. The third-order valence-corrected chi connectivity index (χ3v) is 4.76. The van der Waals surface area contributed by atoms with Gasteiger partial charge in [0.15, 0.2) is 5.82 Å². The molecule has 2 aliphatic carbocycles. The molecule has 19 heavy (non-hydrogen) atoms. The van der Waals surface area contributed by atoms with E-state index >= 15 is 0 Å². The molecule has 2 fully saturated rings. The lowest BCUT2D eigenvalue weighted by atomic mass is 9.60. The van der Waals surface area contributed by atoms with Gasteiger partial charge < -0.3 is 14.6 Å². The van der Waals surface area contributed by atoms with E-state index in [-0.39, 0.29) is 0 Å². The van der Waals surface area contributed by atoms with Gasteiger partial charge in [-0.1, -0.05) is 18.0 Å². The molecule has 0 radical (unpaired) electrons. The summed E-state index contributed by atoms with van der Waals surface area (Å²) in [6.45, 7) is 5.43. The Bertz CT molecular complexity index is 426. The van der Waals surface area contributed by atoms with Gasteiger partial charge in [-0.25, -0.2) is 0 Å². The molecule has 2 saturated carbocycles. The first kappa shape index (κ1) is 13.1. The van der Waals surface area contributed by atoms with E-state index in [0.29, 0.717) is 30.0 Å². The molecule has 2 aliphatic rings. The second-order valence-corrected chi connectivity index (χ2v) is 5.78. The summed E-state index contributed by atoms with van der Waals surface area (Å²) in [5.41, 5.74) is 0.370. The Kier molecular flexibility index (Phi) is 3.58. The van der Waals surface area contributed by atoms with Crippen LogP contribution in [0, 0.1) is 12.3 Å². The fourth-order valence-corrected chi connectivity index (χ4v) is 3.80. The lowest BCUT2D eigenvalue weighted by molar-refractivity contribution is -0.130. The highest BCUT2D eigenvalue weighted by Gasteiger charge is 2.56. The summed E-state index contributed by atoms with van der Waals surface area (Å²) in [5.74, 6) is 1.39. The maximum absolute atomic E-state index is 5.91. The SMILES string of the molecule is CCOC1CC(NCc2noc(C)n2)C12CCCC2. The zero-order valence-corrected chi connectivity index (χ0v) is 11.8. The van der Waals surface area contributed by atoms with Gasteiger partial charge in [0, 0.05) is 25.0 Å². The van der Waals surface area contributed by atoms with Crippen LogP contribution in [0.2, 0.25) is 0 Å². The van der Waals surface area contributed by atoms with Gasteiger partial charge in [-0.15, -0.1) is 0 Å². The van der Waals surface area contributed by atoms with Crippen molar-refractivity contribution in [1.29, 1.82) is 0 Å². The molecule has 1 heterocycles. The predicted octanol–water partition coefficient (Wildman–Crippen LogP) is 2.21. The Hall–Kier alpha value is -0.940. The molecule has 2 unspecified atom stereocenters. The van der Waals surface area contributed by atoms with E-state index in [1.807, 2.05) is 6.92 Å². The van der Waals surface area contributed by atoms with Gasteiger partial charge in [-0.3, -0.25) is 0 Å². The molecular weight excluding hydrogens is 242 g/mol. The standard InChI is InChI=1S/C14H23N3O2/c1-3-18-12-8-11(14(12)6-4-5-7-14)15-9-13-16-10(2)19-17-13/h11-12,15H,3-9H2,1-2H3. The topological polar surface area (TPSA) is 60.2 Å². The van der Waals surface area contributed by atoms with Crippen molar-refractivity contribution in [2.45, 2.75) is 64.6 Å². The zero-order valence-electron chi connectivity index (χ0n) is 11.8. The Morgan fingerprint density at radius 3 is 2.84 bits per heavy atom. The number of aryl methyl sites for hydroxylation is 1. The number of nitrogens with zero attached hydrogens (tertiary/aromatic N) is 2. The maximum atomic E-state index is 5.91. The molecule has 0 saturated heterocycles. The Morgan fingerprint density at radius 2 is 2.21 bits per heavy atom. The number of aromatic nitrogens is 2. The Morgan fingerprint density at radius 1 is 1.42 bits per heavy atom. The largest absolute Gasteiger partial charge is 0.378 e. The lowest BCUT2D eigenvalue weighted by Gasteiger charge is -2.54. The number of hydrogen-bond acceptors (Lipinski definition) is 5. The Balaban J connectivity index is 1.59. The third kappa shape index (κ3) is 2.30. The van der Waals surface area contributed by atoms with E-state index in [9.17, 15) is 0 Å². The highest BCUT2D eigenvalue weighted by atomic mass is 16.5. The zero-order chi connectivity index (χ0) is 13.3. The smallest absolute Gasteiger partial charge is 0.223 e. The first-order valence-electron chi connectivity index (χ1n) is 7.39. The van der Waals surface area contributed by atoms with Gasteiger partial charge in [-0.2, -0.15) is 4.98 Å². The first-order chi connectivity index (χ1) is 9.24. The van der Waals surface area contributed by atoms with Gasteiger partial charge in [0.1, 0.15) is 0 Å². The third-order valence-electron chi connectivity index (χ3n) is 4.76. The number of nitrogens with one attached hydrogen (secondary N) is 1. The molecule has 3 rings (SSSR count). The van der Waals surface area contributed by atoms with E-state index in [4.69, 9.17) is 9.26 Å². The predicted molar refractivity (Wildman–Crippen MR) is 70.6 cm³/mol. The summed E-state index contributed by atoms with van der Waals surface area (Å²) in [7, 11) is 0. The highest BCUT2D eigenvalue weighted by Crippen LogP contribution is 2.54. The fourth-order valence-electron chi connectivity index (χ4n) is 3.80. The molecule has 1 spiro atoms. The van der Waals surface area contributed by atoms with Crippen LogP contribution in [-0.4, -0.2) is 28.9 Å². The van der Waals surface area contributed by atoms with Crippen molar-refractivity contribution in [2.24, 2.45) is 5.41 Å². The van der Waals surface area contributed by atoms with Crippen molar-refractivity contribution in [2.75, 3.05) is 6.61 Å². The van der Waals surface area contributed by atoms with Crippen molar-refractivity contribution in [1.82, 2.24) is 15.5 Å². The van der Waals surface area contributed by atoms with Crippen LogP contribution in [0.1, 0.15) is 50.7 Å². The van der Waals surface area contributed by atoms with Gasteiger partial charge in [0.2, 0.25) is 5.89 Å². The summed E-state index contributed by atoms with van der Waals surface area (Å²) in [5, 5.41) is 7.54. The molecule has 0 amide bonds. The maximum Gasteiger partial charge on any atom is 0.223 e. The van der Waals surface area contributed by atoms with Crippen LogP contribution in [0.15, 0.2) is 4.52 Å². The average Bonchev–Trinajstić information content (AvgIpc) is 3.03. The normalized spacial score (nSPS) is 28.7. The van der Waals surface area contributed by atoms with E-state index in [1.54, 1.807) is 0 Å². The molecule has 0 bridgehead atoms. The number of hydrogen-bond donors (Lipinski definition) is 1. The van der Waals surface area contributed by atoms with Crippen molar-refractivity contribution in [3.05, 3.63) is 11.7 Å². The molecule has 1 N–H and O–H groups in total. The molecule has 5 heteroatoms. The van der Waals surface area contributed by atoms with Gasteiger partial charge in [-0.05, 0) is 26.2 Å². The second kappa shape index (κ2) is 5.21. The van der Waals surface area contributed by atoms with Crippen LogP contribution in [0.5, 0.6) is 0 Å². The molecule has 5 nitrogen and oxygen atoms in total. The Labute approximate surface area is 114 Å². The highest BCUT2D eigenvalue weighted by molar-refractivity contribution is 5.10. The molecule has 106 valence electrons. The summed E-state index contributed by atoms with van der Waals surface area (Å²) in [6.07, 6.45) is 6.82. The van der Waals surface area contributed by atoms with Crippen LogP contribution in [0.3, 0.4) is 0 Å². The van der Waals surface area contributed by atoms with E-state index in [2.05, 4.69) is 22.4 Å². The molecule has 2 atom stereocenters. The minimum Gasteiger partial charge on any atom is -0.378 e. The van der Waals surface area contributed by atoms with Crippen molar-refractivity contribution >= 4 is 0 Å². The van der Waals surface area contributed by atoms with Crippen molar-refractivity contribution < 1.29 is 9.26 Å². The van der Waals surface area contributed by atoms with Gasteiger partial charge in [0.25, 0.3) is 0 Å². The van der Waals surface area contributed by atoms with E-state index in [0.717, 1.165) is 18.9 Å². The minimum atomic E-state index is 0.370. The van der Waals surface area contributed by atoms with Gasteiger partial charge in [0.05, 0.1) is 12.6 Å². The fraction of sp³-hybridized carbons (Fsp3) is 0.857. The van der Waals surface area contributed by atoms with Crippen LogP contribution in [0.25, 0.3) is 0 Å². The molecule has 0 aliphatic heterocycles. The summed E-state index contributed by atoms with van der Waals surface area (Å²) in [4.78, 5) is 4.24. The quantitative estimate of drug-likeness (QED) is 0.884. The molecule has 1 aromatic rings. The minimum absolute atomic E-state index is 0.370. The lowest BCUT2D eigenvalue weighted by Crippen LogP contribution is -2.62. The van der Waals surface area contributed by atoms with E-state index in [1.165, 1.54) is 25.7 Å².